The highest BCUT2D eigenvalue weighted by Crippen LogP contribution is 2.22. The van der Waals surface area contributed by atoms with Crippen molar-refractivity contribution in [1.29, 1.82) is 0 Å². The number of benzene rings is 2. The lowest BCUT2D eigenvalue weighted by Gasteiger charge is -2.09. The van der Waals surface area contributed by atoms with Gasteiger partial charge in [0.2, 0.25) is 0 Å². The summed E-state index contributed by atoms with van der Waals surface area (Å²) in [5.74, 6) is -0.104. The van der Waals surface area contributed by atoms with Crippen LogP contribution in [0.3, 0.4) is 0 Å². The number of hydrogen-bond donors (Lipinski definition) is 2. The molecule has 0 bridgehead atoms. The standard InChI is InChI=1S/C20H18N2O.C4H5NO2S/c1-21-20(23)18-11-6-12-22-19(18)14-15-7-5-10-17(13-15)16-8-3-2-4-9-16;6-2-3-1-5-4(7)8-3/h2-13H,14H2,1H3,(H,21,23);2-3H,1H2,(H,5,7). The first-order valence-corrected chi connectivity index (χ1v) is 10.7. The Labute approximate surface area is 185 Å². The van der Waals surface area contributed by atoms with Crippen LogP contribution in [-0.4, -0.2) is 41.3 Å². The van der Waals surface area contributed by atoms with Gasteiger partial charge in [0.05, 0.1) is 16.5 Å². The van der Waals surface area contributed by atoms with Crippen LogP contribution in [0.15, 0.2) is 72.9 Å². The fourth-order valence-electron chi connectivity index (χ4n) is 3.09. The maximum atomic E-state index is 12.0. The first-order valence-electron chi connectivity index (χ1n) is 9.81. The summed E-state index contributed by atoms with van der Waals surface area (Å²) >= 11 is 1.05. The Morgan fingerprint density at radius 2 is 1.90 bits per heavy atom. The summed E-state index contributed by atoms with van der Waals surface area (Å²) in [6.45, 7) is 0.493. The fraction of sp³-hybridized carbons (Fsp3) is 0.167. The summed E-state index contributed by atoms with van der Waals surface area (Å²) in [6, 6.07) is 22.2. The van der Waals surface area contributed by atoms with Crippen LogP contribution in [0.2, 0.25) is 0 Å². The molecule has 1 unspecified atom stereocenters. The average Bonchev–Trinajstić information content (AvgIpc) is 3.25. The van der Waals surface area contributed by atoms with E-state index in [0.717, 1.165) is 29.3 Å². The zero-order chi connectivity index (χ0) is 22.1. The lowest BCUT2D eigenvalue weighted by molar-refractivity contribution is -0.107. The van der Waals surface area contributed by atoms with E-state index in [1.807, 2.05) is 30.3 Å². The second-order valence-corrected chi connectivity index (χ2v) is 7.99. The Hall–Kier alpha value is -3.45. The van der Waals surface area contributed by atoms with Gasteiger partial charge in [-0.15, -0.1) is 0 Å². The third kappa shape index (κ3) is 6.26. The number of nitrogens with zero attached hydrogens (tertiary/aromatic N) is 1. The van der Waals surface area contributed by atoms with Crippen LogP contribution in [-0.2, 0) is 11.2 Å². The van der Waals surface area contributed by atoms with E-state index in [-0.39, 0.29) is 16.4 Å². The van der Waals surface area contributed by atoms with Gasteiger partial charge in [-0.25, -0.2) is 0 Å². The molecule has 2 aromatic carbocycles. The molecule has 158 valence electrons. The highest BCUT2D eigenvalue weighted by Gasteiger charge is 2.20. The number of aldehydes is 1. The molecule has 0 aliphatic carbocycles. The first-order chi connectivity index (χ1) is 15.1. The Bertz CT molecular complexity index is 1060. The molecule has 2 N–H and O–H groups in total. The molecule has 1 aliphatic heterocycles. The van der Waals surface area contributed by atoms with E-state index in [0.29, 0.717) is 18.5 Å². The van der Waals surface area contributed by atoms with E-state index >= 15 is 0 Å². The minimum absolute atomic E-state index is 0.0953. The van der Waals surface area contributed by atoms with Crippen molar-refractivity contribution in [2.45, 2.75) is 11.7 Å². The maximum Gasteiger partial charge on any atom is 0.279 e. The van der Waals surface area contributed by atoms with Crippen LogP contribution in [0, 0.1) is 0 Å². The molecule has 0 spiro atoms. The number of aromatic nitrogens is 1. The molecule has 2 heterocycles. The van der Waals surface area contributed by atoms with E-state index in [2.05, 4.69) is 45.9 Å². The second kappa shape index (κ2) is 11.1. The summed E-state index contributed by atoms with van der Waals surface area (Å²) in [5, 5.41) is 4.93. The zero-order valence-corrected chi connectivity index (χ0v) is 17.9. The molecule has 2 amide bonds. The third-order valence-corrected chi connectivity index (χ3v) is 5.56. The molecule has 7 heteroatoms. The second-order valence-electron chi connectivity index (χ2n) is 6.78. The third-order valence-electron chi connectivity index (χ3n) is 4.63. The van der Waals surface area contributed by atoms with Crippen molar-refractivity contribution in [1.82, 2.24) is 15.6 Å². The number of carbonyl (C=O) groups excluding carboxylic acids is 3. The van der Waals surface area contributed by atoms with Gasteiger partial charge in [-0.2, -0.15) is 0 Å². The molecule has 0 radical (unpaired) electrons. The lowest BCUT2D eigenvalue weighted by Crippen LogP contribution is -2.20. The Morgan fingerprint density at radius 3 is 2.55 bits per heavy atom. The molecule has 6 nitrogen and oxygen atoms in total. The molecule has 1 fully saturated rings. The summed E-state index contributed by atoms with van der Waals surface area (Å²) in [6.07, 6.45) is 3.13. The predicted octanol–water partition coefficient (Wildman–Crippen LogP) is 3.71. The minimum Gasteiger partial charge on any atom is -0.355 e. The van der Waals surface area contributed by atoms with Crippen molar-refractivity contribution in [2.75, 3.05) is 13.6 Å². The van der Waals surface area contributed by atoms with Gasteiger partial charge >= 0.3 is 0 Å². The van der Waals surface area contributed by atoms with Gasteiger partial charge in [0.25, 0.3) is 11.1 Å². The summed E-state index contributed by atoms with van der Waals surface area (Å²) < 4.78 is 0. The lowest BCUT2D eigenvalue weighted by atomic mass is 9.99. The number of hydrogen-bond acceptors (Lipinski definition) is 5. The number of carbonyl (C=O) groups is 3. The zero-order valence-electron chi connectivity index (χ0n) is 17.1. The van der Waals surface area contributed by atoms with Gasteiger partial charge in [0, 0.05) is 26.2 Å². The Kier molecular flexibility index (Phi) is 7.95. The molecule has 4 rings (SSSR count). The summed E-state index contributed by atoms with van der Waals surface area (Å²) in [7, 11) is 1.63. The van der Waals surface area contributed by atoms with Crippen LogP contribution < -0.4 is 10.6 Å². The smallest absolute Gasteiger partial charge is 0.279 e. The van der Waals surface area contributed by atoms with Gasteiger partial charge < -0.3 is 15.4 Å². The van der Waals surface area contributed by atoms with Crippen molar-refractivity contribution in [3.05, 3.63) is 89.7 Å². The van der Waals surface area contributed by atoms with Gasteiger partial charge in [-0.1, -0.05) is 66.4 Å². The van der Waals surface area contributed by atoms with Gasteiger partial charge in [0.1, 0.15) is 6.29 Å². The van der Waals surface area contributed by atoms with E-state index in [1.165, 1.54) is 11.1 Å². The first kappa shape index (κ1) is 22.2. The van der Waals surface area contributed by atoms with E-state index in [1.54, 1.807) is 19.3 Å². The van der Waals surface area contributed by atoms with Crippen molar-refractivity contribution < 1.29 is 14.4 Å². The van der Waals surface area contributed by atoms with Crippen LogP contribution in [0.25, 0.3) is 11.1 Å². The quantitative estimate of drug-likeness (QED) is 0.599. The monoisotopic (exact) mass is 433 g/mol. The number of rotatable bonds is 5. The Morgan fingerprint density at radius 1 is 1.13 bits per heavy atom. The van der Waals surface area contributed by atoms with Crippen LogP contribution in [0.4, 0.5) is 4.79 Å². The van der Waals surface area contributed by atoms with E-state index in [4.69, 9.17) is 0 Å². The number of pyridine rings is 1. The fourth-order valence-corrected chi connectivity index (χ4v) is 3.75. The highest BCUT2D eigenvalue weighted by molar-refractivity contribution is 8.15. The molecule has 1 aromatic heterocycles. The molecule has 1 saturated heterocycles. The van der Waals surface area contributed by atoms with E-state index in [9.17, 15) is 14.4 Å². The van der Waals surface area contributed by atoms with Gasteiger partial charge in [-0.05, 0) is 28.8 Å². The number of nitrogens with one attached hydrogen (secondary N) is 2. The van der Waals surface area contributed by atoms with Crippen molar-refractivity contribution in [2.24, 2.45) is 0 Å². The maximum absolute atomic E-state index is 12.0. The molecule has 1 aliphatic rings. The summed E-state index contributed by atoms with van der Waals surface area (Å²) in [4.78, 5) is 36.6. The number of thioether (sulfide) groups is 1. The Balaban J connectivity index is 0.000000287. The van der Waals surface area contributed by atoms with Gasteiger partial charge in [0.15, 0.2) is 0 Å². The molecule has 1 atom stereocenters. The van der Waals surface area contributed by atoms with Crippen molar-refractivity contribution in [3.63, 3.8) is 0 Å². The van der Waals surface area contributed by atoms with Crippen LogP contribution in [0.1, 0.15) is 21.6 Å². The largest absolute Gasteiger partial charge is 0.355 e. The van der Waals surface area contributed by atoms with E-state index < -0.39 is 0 Å². The van der Waals surface area contributed by atoms with Gasteiger partial charge in [-0.3, -0.25) is 14.6 Å². The van der Waals surface area contributed by atoms with Crippen molar-refractivity contribution >= 4 is 29.2 Å². The molecule has 31 heavy (non-hydrogen) atoms. The minimum atomic E-state index is -0.150. The average molecular weight is 434 g/mol. The van der Waals surface area contributed by atoms with Crippen LogP contribution in [0.5, 0.6) is 0 Å². The molecular formula is C24H23N3O3S. The molecule has 3 aromatic rings. The topological polar surface area (TPSA) is 88.2 Å². The highest BCUT2D eigenvalue weighted by atomic mass is 32.2. The SMILES string of the molecule is CNC(=O)c1cccnc1Cc1cccc(-c2ccccc2)c1.O=CC1CNC(=O)S1. The normalized spacial score (nSPS) is 14.7. The number of amides is 2. The van der Waals surface area contributed by atoms with Crippen molar-refractivity contribution in [3.8, 4) is 11.1 Å². The predicted molar refractivity (Wildman–Crippen MR) is 123 cm³/mol. The summed E-state index contributed by atoms with van der Waals surface area (Å²) in [5.41, 5.74) is 4.90. The van der Waals surface area contributed by atoms with Crippen LogP contribution >= 0.6 is 11.8 Å². The molecule has 0 saturated carbocycles. The molecular weight excluding hydrogens is 410 g/mol.